The molecule has 1 aliphatic heterocycles. The molecule has 0 bridgehead atoms. The minimum atomic E-state index is -0.730. The lowest BCUT2D eigenvalue weighted by molar-refractivity contribution is -0.159. The summed E-state index contributed by atoms with van der Waals surface area (Å²) in [5.41, 5.74) is -0.119. The van der Waals surface area contributed by atoms with E-state index in [9.17, 15) is 14.7 Å². The van der Waals surface area contributed by atoms with Gasteiger partial charge in [-0.2, -0.15) is 0 Å². The Morgan fingerprint density at radius 1 is 1.24 bits per heavy atom. The van der Waals surface area contributed by atoms with Crippen molar-refractivity contribution in [3.05, 3.63) is 35.9 Å². The van der Waals surface area contributed by atoms with E-state index >= 15 is 0 Å². The highest BCUT2D eigenvalue weighted by Gasteiger charge is 2.41. The minimum Gasteiger partial charge on any atom is -0.458 e. The summed E-state index contributed by atoms with van der Waals surface area (Å²) in [6.07, 6.45) is -0.483. The van der Waals surface area contributed by atoms with Gasteiger partial charge in [-0.1, -0.05) is 18.2 Å². The fourth-order valence-electron chi connectivity index (χ4n) is 2.38. The molecule has 1 fully saturated rings. The van der Waals surface area contributed by atoms with Crippen LogP contribution in [0, 0.1) is 0 Å². The van der Waals surface area contributed by atoms with Crippen LogP contribution in [0.15, 0.2) is 30.3 Å². The number of nitrogens with zero attached hydrogens (tertiary/aromatic N) is 1. The highest BCUT2D eigenvalue weighted by atomic mass is 16.6. The van der Waals surface area contributed by atoms with Crippen molar-refractivity contribution in [1.29, 1.82) is 0 Å². The summed E-state index contributed by atoms with van der Waals surface area (Å²) < 4.78 is 5.34. The number of aliphatic hydroxyl groups excluding tert-OH is 1. The van der Waals surface area contributed by atoms with Crippen LogP contribution < -0.4 is 0 Å². The second-order valence-corrected chi connectivity index (χ2v) is 6.26. The summed E-state index contributed by atoms with van der Waals surface area (Å²) >= 11 is 0. The number of hydrogen-bond acceptors (Lipinski definition) is 4. The number of rotatable bonds is 2. The maximum absolute atomic E-state index is 12.5. The van der Waals surface area contributed by atoms with Crippen molar-refractivity contribution >= 4 is 11.9 Å². The molecule has 0 aromatic heterocycles. The molecule has 114 valence electrons. The van der Waals surface area contributed by atoms with Crippen LogP contribution >= 0.6 is 0 Å². The molecule has 2 atom stereocenters. The molecule has 1 aromatic carbocycles. The van der Waals surface area contributed by atoms with E-state index in [0.717, 1.165) is 0 Å². The standard InChI is InChI=1S/C16H21NO4/c1-16(2,3)21-15(20)13-9-12(18)10-17(13)14(19)11-7-5-4-6-8-11/h4-8,12-13,18H,9-10H2,1-3H3/t12-,13+/m1/s1. The SMILES string of the molecule is CC(C)(C)OC(=O)[C@@H]1C[C@@H](O)CN1C(=O)c1ccccc1. The van der Waals surface area contributed by atoms with Gasteiger partial charge in [0, 0.05) is 18.5 Å². The van der Waals surface area contributed by atoms with Crippen LogP contribution in [0.5, 0.6) is 0 Å². The lowest BCUT2D eigenvalue weighted by atomic mass is 10.1. The summed E-state index contributed by atoms with van der Waals surface area (Å²) in [5, 5.41) is 9.81. The number of amides is 1. The molecule has 1 amide bonds. The summed E-state index contributed by atoms with van der Waals surface area (Å²) in [7, 11) is 0. The van der Waals surface area contributed by atoms with Gasteiger partial charge in [0.05, 0.1) is 6.10 Å². The first-order valence-corrected chi connectivity index (χ1v) is 7.05. The summed E-state index contributed by atoms with van der Waals surface area (Å²) in [6, 6.07) is 8.01. The lowest BCUT2D eigenvalue weighted by Crippen LogP contribution is -2.43. The van der Waals surface area contributed by atoms with Crippen molar-refractivity contribution in [1.82, 2.24) is 4.90 Å². The van der Waals surface area contributed by atoms with E-state index in [1.807, 2.05) is 6.07 Å². The second kappa shape index (κ2) is 5.85. The number of benzene rings is 1. The molecule has 1 N–H and O–H groups in total. The van der Waals surface area contributed by atoms with Crippen molar-refractivity contribution in [3.63, 3.8) is 0 Å². The third-order valence-electron chi connectivity index (χ3n) is 3.24. The zero-order chi connectivity index (χ0) is 15.6. The monoisotopic (exact) mass is 291 g/mol. The van der Waals surface area contributed by atoms with E-state index in [0.29, 0.717) is 5.56 Å². The van der Waals surface area contributed by atoms with Crippen LogP contribution in [0.25, 0.3) is 0 Å². The quantitative estimate of drug-likeness (QED) is 0.841. The average molecular weight is 291 g/mol. The van der Waals surface area contributed by atoms with Crippen LogP contribution in [0.2, 0.25) is 0 Å². The number of esters is 1. The topological polar surface area (TPSA) is 66.8 Å². The normalized spacial score (nSPS) is 22.2. The fourth-order valence-corrected chi connectivity index (χ4v) is 2.38. The van der Waals surface area contributed by atoms with E-state index in [2.05, 4.69) is 0 Å². The van der Waals surface area contributed by atoms with Gasteiger partial charge in [-0.15, -0.1) is 0 Å². The van der Waals surface area contributed by atoms with Crippen molar-refractivity contribution in [2.45, 2.75) is 44.9 Å². The number of likely N-dealkylation sites (tertiary alicyclic amines) is 1. The van der Waals surface area contributed by atoms with Crippen molar-refractivity contribution in [3.8, 4) is 0 Å². The van der Waals surface area contributed by atoms with Crippen LogP contribution in [-0.4, -0.2) is 46.2 Å². The van der Waals surface area contributed by atoms with Gasteiger partial charge < -0.3 is 14.7 Å². The van der Waals surface area contributed by atoms with E-state index in [-0.39, 0.29) is 18.9 Å². The molecule has 1 aromatic rings. The molecule has 0 unspecified atom stereocenters. The number of carbonyl (C=O) groups excluding carboxylic acids is 2. The number of β-amino-alcohol motifs (C(OH)–C–C–N with tert-alkyl or cyclic N) is 1. The minimum absolute atomic E-state index is 0.150. The predicted molar refractivity (Wildman–Crippen MR) is 77.7 cm³/mol. The molecule has 1 saturated heterocycles. The largest absolute Gasteiger partial charge is 0.458 e. The Kier molecular flexibility index (Phi) is 4.32. The molecule has 0 saturated carbocycles. The first kappa shape index (κ1) is 15.5. The predicted octanol–water partition coefficient (Wildman–Crippen LogP) is 1.60. The average Bonchev–Trinajstić information content (AvgIpc) is 2.79. The van der Waals surface area contributed by atoms with Gasteiger partial charge in [0.1, 0.15) is 11.6 Å². The van der Waals surface area contributed by atoms with Gasteiger partial charge in [0.15, 0.2) is 0 Å². The van der Waals surface area contributed by atoms with Crippen LogP contribution in [-0.2, 0) is 9.53 Å². The molecule has 0 aliphatic carbocycles. The maximum atomic E-state index is 12.5. The van der Waals surface area contributed by atoms with Crippen molar-refractivity contribution < 1.29 is 19.4 Å². The Balaban J connectivity index is 2.17. The molecular formula is C16H21NO4. The van der Waals surface area contributed by atoms with Gasteiger partial charge in [-0.05, 0) is 32.9 Å². The maximum Gasteiger partial charge on any atom is 0.329 e. The summed E-state index contributed by atoms with van der Waals surface area (Å²) in [4.78, 5) is 26.1. The molecule has 5 heteroatoms. The molecule has 2 rings (SSSR count). The van der Waals surface area contributed by atoms with Gasteiger partial charge in [-0.25, -0.2) is 4.79 Å². The van der Waals surface area contributed by atoms with Crippen LogP contribution in [0.3, 0.4) is 0 Å². The Morgan fingerprint density at radius 3 is 2.43 bits per heavy atom. The van der Waals surface area contributed by atoms with Crippen molar-refractivity contribution in [2.24, 2.45) is 0 Å². The van der Waals surface area contributed by atoms with E-state index in [1.54, 1.807) is 45.0 Å². The molecule has 0 radical (unpaired) electrons. The van der Waals surface area contributed by atoms with Gasteiger partial charge in [0.25, 0.3) is 5.91 Å². The fraction of sp³-hybridized carbons (Fsp3) is 0.500. The number of ether oxygens (including phenoxy) is 1. The molecule has 21 heavy (non-hydrogen) atoms. The highest BCUT2D eigenvalue weighted by Crippen LogP contribution is 2.23. The lowest BCUT2D eigenvalue weighted by Gasteiger charge is -2.27. The van der Waals surface area contributed by atoms with Crippen LogP contribution in [0.1, 0.15) is 37.6 Å². The Bertz CT molecular complexity index is 521. The van der Waals surface area contributed by atoms with Gasteiger partial charge in [0.2, 0.25) is 0 Å². The highest BCUT2D eigenvalue weighted by molar-refractivity contribution is 5.97. The second-order valence-electron chi connectivity index (χ2n) is 6.26. The van der Waals surface area contributed by atoms with E-state index < -0.39 is 23.7 Å². The number of hydrogen-bond donors (Lipinski definition) is 1. The first-order valence-electron chi connectivity index (χ1n) is 7.05. The summed E-state index contributed by atoms with van der Waals surface area (Å²) in [6.45, 7) is 5.48. The molecule has 5 nitrogen and oxygen atoms in total. The molecule has 1 aliphatic rings. The smallest absolute Gasteiger partial charge is 0.329 e. The third-order valence-corrected chi connectivity index (χ3v) is 3.24. The molecular weight excluding hydrogens is 270 g/mol. The Hall–Kier alpha value is -1.88. The summed E-state index contributed by atoms with van der Waals surface area (Å²) in [5.74, 6) is -0.730. The zero-order valence-corrected chi connectivity index (χ0v) is 12.6. The first-order chi connectivity index (χ1) is 9.78. The van der Waals surface area contributed by atoms with Gasteiger partial charge in [-0.3, -0.25) is 4.79 Å². The van der Waals surface area contributed by atoms with E-state index in [1.165, 1.54) is 4.90 Å². The van der Waals surface area contributed by atoms with Crippen LogP contribution in [0.4, 0.5) is 0 Å². The van der Waals surface area contributed by atoms with Gasteiger partial charge >= 0.3 is 5.97 Å². The number of carbonyl (C=O) groups is 2. The Labute approximate surface area is 124 Å². The van der Waals surface area contributed by atoms with E-state index in [4.69, 9.17) is 4.74 Å². The third kappa shape index (κ3) is 3.82. The Morgan fingerprint density at radius 2 is 1.86 bits per heavy atom. The molecule has 0 spiro atoms. The zero-order valence-electron chi connectivity index (χ0n) is 12.6. The van der Waals surface area contributed by atoms with Crippen molar-refractivity contribution in [2.75, 3.05) is 6.54 Å². The molecule has 1 heterocycles. The number of aliphatic hydroxyl groups is 1.